The second-order valence-corrected chi connectivity index (χ2v) is 10.3. The molecular formula is C32H24F3N7O3. The lowest BCUT2D eigenvalue weighted by Crippen LogP contribution is -2.21. The van der Waals surface area contributed by atoms with Crippen LogP contribution < -0.4 is 16.3 Å². The van der Waals surface area contributed by atoms with Crippen molar-refractivity contribution in [3.63, 3.8) is 0 Å². The van der Waals surface area contributed by atoms with Crippen molar-refractivity contribution >= 4 is 34.1 Å². The number of nitrogens with zero attached hydrogens (tertiary/aromatic N) is 5. The highest BCUT2D eigenvalue weighted by Crippen LogP contribution is 2.35. The largest absolute Gasteiger partial charge is 0.416 e. The summed E-state index contributed by atoms with van der Waals surface area (Å²) in [5.74, 6) is -0.901. The van der Waals surface area contributed by atoms with E-state index in [9.17, 15) is 27.6 Å². The van der Waals surface area contributed by atoms with E-state index < -0.39 is 23.6 Å². The zero-order valence-corrected chi connectivity index (χ0v) is 23.8. The second kappa shape index (κ2) is 11.3. The van der Waals surface area contributed by atoms with Gasteiger partial charge in [0, 0.05) is 43.2 Å². The molecule has 45 heavy (non-hydrogen) atoms. The average Bonchev–Trinajstić information content (AvgIpc) is 3.59. The van der Waals surface area contributed by atoms with Crippen LogP contribution in [0.15, 0.2) is 102 Å². The fourth-order valence-electron chi connectivity index (χ4n) is 4.88. The molecule has 0 spiro atoms. The van der Waals surface area contributed by atoms with Crippen LogP contribution in [0.4, 0.5) is 24.7 Å². The number of aryl methyl sites for hydroxylation is 2. The third kappa shape index (κ3) is 5.95. The highest BCUT2D eigenvalue weighted by Gasteiger charge is 2.32. The fraction of sp³-hybridized carbons (Fsp3) is 0.0938. The summed E-state index contributed by atoms with van der Waals surface area (Å²) in [6.45, 7) is 0. The van der Waals surface area contributed by atoms with Crippen LogP contribution in [-0.4, -0.2) is 35.9 Å². The van der Waals surface area contributed by atoms with Crippen LogP contribution in [0.5, 0.6) is 0 Å². The number of nitrogens with one attached hydrogen (secondary N) is 2. The maximum absolute atomic E-state index is 14.0. The molecule has 0 bridgehead atoms. The molecule has 10 nitrogen and oxygen atoms in total. The van der Waals surface area contributed by atoms with Crippen molar-refractivity contribution in [3.05, 3.63) is 125 Å². The number of carbonyl (C=O) groups is 2. The van der Waals surface area contributed by atoms with Gasteiger partial charge in [-0.1, -0.05) is 30.3 Å². The summed E-state index contributed by atoms with van der Waals surface area (Å²) in [6.07, 6.45) is -1.65. The number of anilines is 2. The topological polar surface area (TPSA) is 116 Å². The molecule has 0 aliphatic rings. The normalized spacial score (nSPS) is 11.5. The van der Waals surface area contributed by atoms with Crippen LogP contribution in [-0.2, 0) is 20.3 Å². The molecule has 6 aromatic rings. The van der Waals surface area contributed by atoms with Gasteiger partial charge in [-0.2, -0.15) is 23.4 Å². The van der Waals surface area contributed by atoms with Gasteiger partial charge in [-0.05, 0) is 70.4 Å². The van der Waals surface area contributed by atoms with Gasteiger partial charge in [0.1, 0.15) is 6.33 Å². The monoisotopic (exact) mass is 611 g/mol. The van der Waals surface area contributed by atoms with Crippen molar-refractivity contribution in [2.75, 3.05) is 10.6 Å². The molecule has 2 heterocycles. The second-order valence-electron chi connectivity index (χ2n) is 10.3. The minimum absolute atomic E-state index is 0.180. The number of halogens is 3. The van der Waals surface area contributed by atoms with E-state index in [0.717, 1.165) is 12.1 Å². The molecule has 2 aromatic heterocycles. The molecule has 0 unspecified atom stereocenters. The number of carbonyl (C=O) groups excluding carboxylic acids is 2. The summed E-state index contributed by atoms with van der Waals surface area (Å²) in [5.41, 5.74) is 0.854. The maximum Gasteiger partial charge on any atom is 0.416 e. The van der Waals surface area contributed by atoms with Crippen LogP contribution in [0.2, 0.25) is 0 Å². The Bertz CT molecular complexity index is 2140. The summed E-state index contributed by atoms with van der Waals surface area (Å²) in [4.78, 5) is 38.3. The average molecular weight is 612 g/mol. The third-order valence-electron chi connectivity index (χ3n) is 7.16. The Balaban J connectivity index is 1.31. The summed E-state index contributed by atoms with van der Waals surface area (Å²) in [7, 11) is 3.24. The van der Waals surface area contributed by atoms with E-state index in [0.29, 0.717) is 28.0 Å². The number of rotatable bonds is 6. The quantitative estimate of drug-likeness (QED) is 0.253. The maximum atomic E-state index is 14.0. The zero-order valence-electron chi connectivity index (χ0n) is 23.8. The van der Waals surface area contributed by atoms with Gasteiger partial charge >= 0.3 is 11.9 Å². The highest BCUT2D eigenvalue weighted by atomic mass is 19.4. The summed E-state index contributed by atoms with van der Waals surface area (Å²) < 4.78 is 46.0. The molecule has 0 aliphatic heterocycles. The smallest absolute Gasteiger partial charge is 0.322 e. The molecule has 4 aromatic carbocycles. The summed E-state index contributed by atoms with van der Waals surface area (Å²) >= 11 is 0. The Kier molecular flexibility index (Phi) is 7.28. The first-order valence-corrected chi connectivity index (χ1v) is 13.6. The number of benzene rings is 4. The summed E-state index contributed by atoms with van der Waals surface area (Å²) in [6, 6.07) is 21.3. The molecular weight excluding hydrogens is 587 g/mol. The van der Waals surface area contributed by atoms with E-state index >= 15 is 0 Å². The first-order valence-electron chi connectivity index (χ1n) is 13.6. The Labute approximate surface area is 253 Å². The van der Waals surface area contributed by atoms with Gasteiger partial charge in [-0.25, -0.2) is 14.0 Å². The Morgan fingerprint density at radius 1 is 0.822 bits per heavy atom. The summed E-state index contributed by atoms with van der Waals surface area (Å²) in [5, 5.41) is 13.8. The first-order chi connectivity index (χ1) is 21.5. The highest BCUT2D eigenvalue weighted by molar-refractivity contribution is 6.14. The zero-order chi connectivity index (χ0) is 31.9. The Hall–Kier alpha value is -5.98. The Morgan fingerprint density at radius 2 is 1.58 bits per heavy atom. The van der Waals surface area contributed by atoms with E-state index in [-0.39, 0.29) is 27.9 Å². The molecule has 226 valence electrons. The van der Waals surface area contributed by atoms with Gasteiger partial charge in [0.15, 0.2) is 5.82 Å². The minimum atomic E-state index is -4.71. The first kappa shape index (κ1) is 29.1. The standard InChI is InChI=1S/C32H24F3N7O3/c1-40-13-12-28(39-40)38-29(43)21-4-3-5-24(16-21)37-30(44)27-17-23(32(33,34)35)15-22-14-20(8-11-26(22)27)19-6-9-25(10-7-19)42-18-36-41(2)31(42)45/h3-18H,1-2H3,(H,37,44)(H,38,39,43). The van der Waals surface area contributed by atoms with Gasteiger partial charge < -0.3 is 10.6 Å². The van der Waals surface area contributed by atoms with Gasteiger partial charge in [-0.15, -0.1) is 0 Å². The van der Waals surface area contributed by atoms with E-state index in [1.165, 1.54) is 45.5 Å². The molecule has 0 atom stereocenters. The number of alkyl halides is 3. The van der Waals surface area contributed by atoms with Crippen molar-refractivity contribution in [2.24, 2.45) is 14.1 Å². The van der Waals surface area contributed by atoms with Gasteiger partial charge in [0.25, 0.3) is 11.8 Å². The fourth-order valence-corrected chi connectivity index (χ4v) is 4.88. The number of aromatic nitrogens is 5. The van der Waals surface area contributed by atoms with Crippen molar-refractivity contribution < 1.29 is 22.8 Å². The molecule has 13 heteroatoms. The lowest BCUT2D eigenvalue weighted by Gasteiger charge is -2.14. The third-order valence-corrected chi connectivity index (χ3v) is 7.16. The lowest BCUT2D eigenvalue weighted by molar-refractivity contribution is -0.137. The van der Waals surface area contributed by atoms with Crippen LogP contribution in [0.1, 0.15) is 26.3 Å². The van der Waals surface area contributed by atoms with Gasteiger partial charge in [0.2, 0.25) is 0 Å². The van der Waals surface area contributed by atoms with Crippen LogP contribution in [0, 0.1) is 0 Å². The number of amides is 2. The molecule has 0 radical (unpaired) electrons. The van der Waals surface area contributed by atoms with Crippen LogP contribution >= 0.6 is 0 Å². The number of hydrogen-bond donors (Lipinski definition) is 2. The lowest BCUT2D eigenvalue weighted by atomic mass is 9.95. The van der Waals surface area contributed by atoms with E-state index in [1.54, 1.807) is 67.8 Å². The molecule has 0 aliphatic carbocycles. The van der Waals surface area contributed by atoms with Crippen molar-refractivity contribution in [1.29, 1.82) is 0 Å². The van der Waals surface area contributed by atoms with Crippen LogP contribution in [0.25, 0.3) is 27.6 Å². The minimum Gasteiger partial charge on any atom is -0.322 e. The van der Waals surface area contributed by atoms with Crippen molar-refractivity contribution in [1.82, 2.24) is 24.1 Å². The molecule has 0 saturated heterocycles. The van der Waals surface area contributed by atoms with Gasteiger partial charge in [-0.3, -0.25) is 14.3 Å². The van der Waals surface area contributed by atoms with Crippen LogP contribution in [0.3, 0.4) is 0 Å². The Morgan fingerprint density at radius 3 is 2.24 bits per heavy atom. The number of hydrogen-bond acceptors (Lipinski definition) is 5. The molecule has 2 N–H and O–H groups in total. The predicted molar refractivity (Wildman–Crippen MR) is 162 cm³/mol. The van der Waals surface area contributed by atoms with Crippen molar-refractivity contribution in [2.45, 2.75) is 6.18 Å². The molecule has 0 fully saturated rings. The van der Waals surface area contributed by atoms with E-state index in [4.69, 9.17) is 0 Å². The SMILES string of the molecule is Cn1ccc(NC(=O)c2cccc(NC(=O)c3cc(C(F)(F)F)cc4cc(-c5ccc(-n6cnn(C)c6=O)cc5)ccc34)c2)n1. The van der Waals surface area contributed by atoms with Crippen molar-refractivity contribution in [3.8, 4) is 16.8 Å². The predicted octanol–water partition coefficient (Wildman–Crippen LogP) is 5.65. The van der Waals surface area contributed by atoms with E-state index in [2.05, 4.69) is 20.8 Å². The molecule has 2 amide bonds. The van der Waals surface area contributed by atoms with Gasteiger partial charge in [0.05, 0.1) is 11.3 Å². The molecule has 0 saturated carbocycles. The van der Waals surface area contributed by atoms with E-state index in [1.807, 2.05) is 0 Å². The number of fused-ring (bicyclic) bond motifs is 1. The molecule has 6 rings (SSSR count).